The lowest BCUT2D eigenvalue weighted by Gasteiger charge is -2.09. The zero-order chi connectivity index (χ0) is 15.8. The van der Waals surface area contributed by atoms with Crippen molar-refractivity contribution in [3.05, 3.63) is 29.3 Å². The maximum absolute atomic E-state index is 11.4. The van der Waals surface area contributed by atoms with Crippen molar-refractivity contribution in [2.45, 2.75) is 0 Å². The first-order valence-electron chi connectivity index (χ1n) is 5.81. The summed E-state index contributed by atoms with van der Waals surface area (Å²) in [4.78, 5) is 21.1. The smallest absolute Gasteiger partial charge is 0.372 e. The Kier molecular flexibility index (Phi) is 6.28. The minimum atomic E-state index is -0.730. The normalized spacial score (nSPS) is 12.0. The van der Waals surface area contributed by atoms with Gasteiger partial charge in [0.2, 0.25) is 0 Å². The van der Waals surface area contributed by atoms with E-state index in [0.717, 1.165) is 0 Å². The summed E-state index contributed by atoms with van der Waals surface area (Å²) in [5.41, 5.74) is 10.9. The number of ether oxygens (including phenoxy) is 1. The van der Waals surface area contributed by atoms with Crippen LogP contribution in [0.4, 0.5) is 0 Å². The molecule has 4 N–H and O–H groups in total. The number of guanidine groups is 2. The number of carbonyl (C=O) groups excluding carboxylic acids is 1. The molecule has 0 spiro atoms. The Bertz CT molecular complexity index is 542. The highest BCUT2D eigenvalue weighted by Gasteiger charge is 2.05. The summed E-state index contributed by atoms with van der Waals surface area (Å²) in [5.74, 6) is -0.402. The van der Waals surface area contributed by atoms with Crippen molar-refractivity contribution < 1.29 is 14.4 Å². The van der Waals surface area contributed by atoms with Gasteiger partial charge in [0, 0.05) is 19.1 Å². The third-order valence-electron chi connectivity index (χ3n) is 2.10. The van der Waals surface area contributed by atoms with Crippen LogP contribution in [0.2, 0.25) is 5.02 Å². The fraction of sp³-hybridized carbons (Fsp3) is 0.250. The fourth-order valence-corrected chi connectivity index (χ4v) is 1.16. The number of halogens is 1. The average molecular weight is 314 g/mol. The molecule has 21 heavy (non-hydrogen) atoms. The van der Waals surface area contributed by atoms with E-state index in [-0.39, 0.29) is 18.5 Å². The van der Waals surface area contributed by atoms with Gasteiger partial charge in [-0.05, 0) is 29.4 Å². The molecule has 9 heteroatoms. The van der Waals surface area contributed by atoms with E-state index in [1.54, 1.807) is 38.4 Å². The maximum atomic E-state index is 11.4. The fourth-order valence-electron chi connectivity index (χ4n) is 1.03. The molecule has 1 rings (SSSR count). The van der Waals surface area contributed by atoms with Crippen LogP contribution < -0.4 is 16.2 Å². The predicted octanol–water partition coefficient (Wildman–Crippen LogP) is 0.368. The van der Waals surface area contributed by atoms with Crippen LogP contribution in [-0.2, 0) is 9.63 Å². The molecule has 0 atom stereocenters. The van der Waals surface area contributed by atoms with Crippen molar-refractivity contribution in [2.24, 2.45) is 21.6 Å². The predicted molar refractivity (Wildman–Crippen MR) is 80.0 cm³/mol. The summed E-state index contributed by atoms with van der Waals surface area (Å²) in [6.45, 7) is -0.328. The van der Waals surface area contributed by atoms with Crippen molar-refractivity contribution >= 4 is 29.5 Å². The van der Waals surface area contributed by atoms with E-state index in [1.807, 2.05) is 0 Å². The average Bonchev–Trinajstić information content (AvgIpc) is 2.44. The van der Waals surface area contributed by atoms with Crippen LogP contribution in [0.3, 0.4) is 0 Å². The van der Waals surface area contributed by atoms with E-state index < -0.39 is 5.97 Å². The molecular weight excluding hydrogens is 298 g/mol. The molecule has 0 unspecified atom stereocenters. The molecule has 114 valence electrons. The first kappa shape index (κ1) is 16.6. The van der Waals surface area contributed by atoms with Gasteiger partial charge in [-0.3, -0.25) is 0 Å². The van der Waals surface area contributed by atoms with Crippen molar-refractivity contribution in [2.75, 3.05) is 20.7 Å². The summed E-state index contributed by atoms with van der Waals surface area (Å²) in [5, 5.41) is 3.89. The number of hydrogen-bond acceptors (Lipinski definition) is 4. The largest absolute Gasteiger partial charge is 0.482 e. The van der Waals surface area contributed by atoms with E-state index in [4.69, 9.17) is 27.8 Å². The van der Waals surface area contributed by atoms with E-state index in [2.05, 4.69) is 15.0 Å². The van der Waals surface area contributed by atoms with Gasteiger partial charge >= 0.3 is 5.97 Å². The summed E-state index contributed by atoms with van der Waals surface area (Å²) in [7, 11) is 3.36. The van der Waals surface area contributed by atoms with Crippen LogP contribution in [0.1, 0.15) is 0 Å². The summed E-state index contributed by atoms with van der Waals surface area (Å²) >= 11 is 5.72. The molecule has 0 fully saturated rings. The van der Waals surface area contributed by atoms with Crippen LogP contribution in [0.15, 0.2) is 34.4 Å². The Labute approximate surface area is 126 Å². The molecule has 8 nitrogen and oxygen atoms in total. The summed E-state index contributed by atoms with van der Waals surface area (Å²) in [6, 6.07) is 6.51. The quantitative estimate of drug-likeness (QED) is 0.359. The van der Waals surface area contributed by atoms with Crippen molar-refractivity contribution in [1.29, 1.82) is 0 Å². The summed E-state index contributed by atoms with van der Waals surface area (Å²) in [6.07, 6.45) is 0. The first-order chi connectivity index (χ1) is 9.88. The second-order valence-electron chi connectivity index (χ2n) is 4.02. The maximum Gasteiger partial charge on any atom is 0.372 e. The number of rotatable bonds is 4. The molecule has 0 aliphatic rings. The zero-order valence-corrected chi connectivity index (χ0v) is 12.4. The minimum Gasteiger partial charge on any atom is -0.482 e. The monoisotopic (exact) mass is 313 g/mol. The molecule has 0 aliphatic carbocycles. The van der Waals surface area contributed by atoms with Crippen LogP contribution in [0.5, 0.6) is 5.75 Å². The second kappa shape index (κ2) is 7.95. The third-order valence-corrected chi connectivity index (χ3v) is 2.35. The zero-order valence-electron chi connectivity index (χ0n) is 11.6. The molecule has 1 aromatic rings. The van der Waals surface area contributed by atoms with E-state index in [0.29, 0.717) is 10.8 Å². The molecule has 0 saturated carbocycles. The first-order valence-corrected chi connectivity index (χ1v) is 6.19. The molecule has 0 aromatic heterocycles. The van der Waals surface area contributed by atoms with Gasteiger partial charge in [-0.25, -0.2) is 4.79 Å². The Morgan fingerprint density at radius 1 is 1.29 bits per heavy atom. The Morgan fingerprint density at radius 3 is 2.48 bits per heavy atom. The number of hydrogen-bond donors (Lipinski definition) is 2. The number of benzene rings is 1. The van der Waals surface area contributed by atoms with Crippen LogP contribution in [0.25, 0.3) is 0 Å². The highest BCUT2D eigenvalue weighted by molar-refractivity contribution is 6.30. The van der Waals surface area contributed by atoms with Crippen LogP contribution in [-0.4, -0.2) is 43.5 Å². The highest BCUT2D eigenvalue weighted by Crippen LogP contribution is 2.15. The lowest BCUT2D eigenvalue weighted by Crippen LogP contribution is -2.32. The SMILES string of the molecule is CN(C)/C(N)=N/C(N)=N/OC(=O)COc1ccc(Cl)cc1. The van der Waals surface area contributed by atoms with E-state index in [1.165, 1.54) is 4.90 Å². The molecule has 0 saturated heterocycles. The van der Waals surface area contributed by atoms with Gasteiger partial charge in [0.15, 0.2) is 12.6 Å². The van der Waals surface area contributed by atoms with Crippen molar-refractivity contribution in [3.8, 4) is 5.75 Å². The molecule has 0 radical (unpaired) electrons. The van der Waals surface area contributed by atoms with Crippen LogP contribution in [0, 0.1) is 0 Å². The molecular formula is C12H16ClN5O3. The van der Waals surface area contributed by atoms with Crippen LogP contribution >= 0.6 is 11.6 Å². The van der Waals surface area contributed by atoms with Gasteiger partial charge in [0.1, 0.15) is 5.75 Å². The highest BCUT2D eigenvalue weighted by atomic mass is 35.5. The van der Waals surface area contributed by atoms with E-state index >= 15 is 0 Å². The van der Waals surface area contributed by atoms with Crippen molar-refractivity contribution in [1.82, 2.24) is 4.90 Å². The summed E-state index contributed by atoms with van der Waals surface area (Å²) < 4.78 is 5.16. The van der Waals surface area contributed by atoms with Gasteiger partial charge in [-0.15, -0.1) is 0 Å². The lowest BCUT2D eigenvalue weighted by molar-refractivity contribution is -0.146. The Hall–Kier alpha value is -2.48. The number of aliphatic imine (C=N–C) groups is 1. The van der Waals surface area contributed by atoms with E-state index in [9.17, 15) is 4.79 Å². The second-order valence-corrected chi connectivity index (χ2v) is 4.46. The molecule has 0 amide bonds. The van der Waals surface area contributed by atoms with Gasteiger partial charge in [0.25, 0.3) is 5.96 Å². The van der Waals surface area contributed by atoms with Gasteiger partial charge in [0.05, 0.1) is 0 Å². The number of carbonyl (C=O) groups is 1. The van der Waals surface area contributed by atoms with Gasteiger partial charge in [-0.2, -0.15) is 4.99 Å². The molecule has 0 aliphatic heterocycles. The van der Waals surface area contributed by atoms with Gasteiger partial charge < -0.3 is 25.9 Å². The minimum absolute atomic E-state index is 0.129. The van der Waals surface area contributed by atoms with Gasteiger partial charge in [-0.1, -0.05) is 11.6 Å². The number of oxime groups is 1. The molecule has 0 bridgehead atoms. The Balaban J connectivity index is 2.43. The number of nitrogens with two attached hydrogens (primary N) is 2. The lowest BCUT2D eigenvalue weighted by atomic mass is 10.3. The molecule has 1 aromatic carbocycles. The van der Waals surface area contributed by atoms with Crippen molar-refractivity contribution in [3.63, 3.8) is 0 Å². The number of nitrogens with zero attached hydrogens (tertiary/aromatic N) is 3. The standard InChI is InChI=1S/C12H16ClN5O3/c1-18(2)12(15)16-11(14)17-21-10(19)7-20-9-5-3-8(13)4-6-9/h3-6H,7H2,1-2H3,(H4,14,15,16,17). The Morgan fingerprint density at radius 2 is 1.90 bits per heavy atom. The topological polar surface area (TPSA) is 116 Å². The molecule has 0 heterocycles. The third kappa shape index (κ3) is 6.48.